The van der Waals surface area contributed by atoms with Gasteiger partial charge in [-0.3, -0.25) is 9.59 Å². The molecule has 1 heterocycles. The number of amides is 2. The lowest BCUT2D eigenvalue weighted by Gasteiger charge is -2.26. The van der Waals surface area contributed by atoms with Gasteiger partial charge in [-0.25, -0.2) is 0 Å². The molecule has 0 bridgehead atoms. The first-order valence-electron chi connectivity index (χ1n) is 10.4. The summed E-state index contributed by atoms with van der Waals surface area (Å²) in [6.45, 7) is 6.79. The summed E-state index contributed by atoms with van der Waals surface area (Å²) in [4.78, 5) is 29.0. The van der Waals surface area contributed by atoms with Crippen LogP contribution < -0.4 is 10.1 Å². The Labute approximate surface area is 169 Å². The molecule has 0 spiro atoms. The van der Waals surface area contributed by atoms with Gasteiger partial charge in [0.1, 0.15) is 5.75 Å². The molecule has 1 aromatic carbocycles. The van der Waals surface area contributed by atoms with E-state index in [0.29, 0.717) is 26.1 Å². The standard InChI is InChI=1S/C22H35N3O3/c1-5-25(6-2)22(27)18-8-7-9-19(16-24(3)21(26)14-18)23-15-17-10-12-20(28-4)13-11-17/h10-13,18-19,23H,5-9,14-16H2,1-4H3/t18-,19-/m1/s1. The zero-order valence-corrected chi connectivity index (χ0v) is 17.7. The van der Waals surface area contributed by atoms with Crippen LogP contribution >= 0.6 is 0 Å². The number of ether oxygens (including phenoxy) is 1. The summed E-state index contributed by atoms with van der Waals surface area (Å²) in [6, 6.07) is 8.24. The minimum atomic E-state index is -0.199. The number of carbonyl (C=O) groups excluding carboxylic acids is 2. The van der Waals surface area contributed by atoms with Gasteiger partial charge in [0, 0.05) is 51.6 Å². The highest BCUT2D eigenvalue weighted by Crippen LogP contribution is 2.21. The molecule has 1 fully saturated rings. The number of carbonyl (C=O) groups is 2. The Morgan fingerprint density at radius 1 is 1.21 bits per heavy atom. The highest BCUT2D eigenvalue weighted by molar-refractivity contribution is 5.85. The predicted molar refractivity (Wildman–Crippen MR) is 111 cm³/mol. The first kappa shape index (κ1) is 22.2. The van der Waals surface area contributed by atoms with Crippen LogP contribution in [0.15, 0.2) is 24.3 Å². The molecule has 0 radical (unpaired) electrons. The number of benzene rings is 1. The van der Waals surface area contributed by atoms with Crippen LogP contribution in [0.4, 0.5) is 0 Å². The van der Waals surface area contributed by atoms with Crippen LogP contribution in [0.1, 0.15) is 45.1 Å². The van der Waals surface area contributed by atoms with Crippen molar-refractivity contribution in [3.8, 4) is 5.75 Å². The summed E-state index contributed by atoms with van der Waals surface area (Å²) in [5.41, 5.74) is 1.18. The first-order chi connectivity index (χ1) is 13.5. The zero-order chi connectivity index (χ0) is 20.5. The van der Waals surface area contributed by atoms with Gasteiger partial charge in [-0.1, -0.05) is 18.6 Å². The average molecular weight is 390 g/mol. The summed E-state index contributed by atoms with van der Waals surface area (Å²) in [7, 11) is 3.50. The molecule has 0 aliphatic carbocycles. The van der Waals surface area contributed by atoms with Crippen LogP contribution in [-0.2, 0) is 16.1 Å². The molecule has 1 aromatic rings. The van der Waals surface area contributed by atoms with Crippen molar-refractivity contribution in [3.63, 3.8) is 0 Å². The molecule has 6 nitrogen and oxygen atoms in total. The van der Waals surface area contributed by atoms with E-state index in [0.717, 1.165) is 31.6 Å². The monoisotopic (exact) mass is 389 g/mol. The Bertz CT molecular complexity index is 628. The van der Waals surface area contributed by atoms with Crippen LogP contribution in [0.25, 0.3) is 0 Å². The van der Waals surface area contributed by atoms with E-state index in [-0.39, 0.29) is 23.8 Å². The van der Waals surface area contributed by atoms with Crippen molar-refractivity contribution < 1.29 is 14.3 Å². The van der Waals surface area contributed by atoms with Crippen LogP contribution in [-0.4, -0.2) is 61.4 Å². The Morgan fingerprint density at radius 3 is 2.50 bits per heavy atom. The maximum Gasteiger partial charge on any atom is 0.226 e. The minimum absolute atomic E-state index is 0.0589. The molecule has 1 aliphatic heterocycles. The van der Waals surface area contributed by atoms with Gasteiger partial charge < -0.3 is 19.9 Å². The Balaban J connectivity index is 1.97. The number of nitrogens with zero attached hydrogens (tertiary/aromatic N) is 2. The van der Waals surface area contributed by atoms with Gasteiger partial charge in [0.25, 0.3) is 0 Å². The third kappa shape index (κ3) is 6.23. The van der Waals surface area contributed by atoms with Gasteiger partial charge in [0.2, 0.25) is 11.8 Å². The molecule has 0 saturated carbocycles. The molecule has 1 N–H and O–H groups in total. The Morgan fingerprint density at radius 2 is 1.89 bits per heavy atom. The Hall–Kier alpha value is -2.08. The summed E-state index contributed by atoms with van der Waals surface area (Å²) < 4.78 is 5.20. The van der Waals surface area contributed by atoms with Crippen LogP contribution in [0.3, 0.4) is 0 Å². The molecule has 6 heteroatoms. The van der Waals surface area contributed by atoms with Crippen LogP contribution in [0, 0.1) is 5.92 Å². The van der Waals surface area contributed by atoms with E-state index in [1.54, 1.807) is 12.0 Å². The van der Waals surface area contributed by atoms with Crippen LogP contribution in [0.2, 0.25) is 0 Å². The van der Waals surface area contributed by atoms with Crippen molar-refractivity contribution in [2.75, 3.05) is 33.8 Å². The van der Waals surface area contributed by atoms with E-state index in [4.69, 9.17) is 4.74 Å². The molecule has 1 saturated heterocycles. The molecule has 2 amide bonds. The summed E-state index contributed by atoms with van der Waals surface area (Å²) in [5.74, 6) is 0.829. The van der Waals surface area contributed by atoms with Crippen molar-refractivity contribution in [3.05, 3.63) is 29.8 Å². The van der Waals surface area contributed by atoms with Gasteiger partial charge >= 0.3 is 0 Å². The normalized spacial score (nSPS) is 20.9. The maximum atomic E-state index is 12.8. The lowest BCUT2D eigenvalue weighted by molar-refractivity contribution is -0.140. The second-order valence-electron chi connectivity index (χ2n) is 7.54. The zero-order valence-electron chi connectivity index (χ0n) is 17.7. The molecule has 156 valence electrons. The second kappa shape index (κ2) is 11.1. The van der Waals surface area contributed by atoms with E-state index in [1.807, 2.05) is 37.9 Å². The molecular formula is C22H35N3O3. The molecule has 2 rings (SSSR count). The Kier molecular flexibility index (Phi) is 8.77. The largest absolute Gasteiger partial charge is 0.497 e. The van der Waals surface area contributed by atoms with Gasteiger partial charge in [-0.2, -0.15) is 0 Å². The number of hydrogen-bond acceptors (Lipinski definition) is 4. The van der Waals surface area contributed by atoms with E-state index in [1.165, 1.54) is 5.56 Å². The fourth-order valence-electron chi connectivity index (χ4n) is 3.78. The van der Waals surface area contributed by atoms with E-state index >= 15 is 0 Å². The van der Waals surface area contributed by atoms with Crippen molar-refractivity contribution in [1.29, 1.82) is 0 Å². The molecule has 28 heavy (non-hydrogen) atoms. The number of hydrogen-bond donors (Lipinski definition) is 1. The third-order valence-corrected chi connectivity index (χ3v) is 5.62. The van der Waals surface area contributed by atoms with E-state index < -0.39 is 0 Å². The predicted octanol–water partition coefficient (Wildman–Crippen LogP) is 2.67. The summed E-state index contributed by atoms with van der Waals surface area (Å²) >= 11 is 0. The smallest absolute Gasteiger partial charge is 0.226 e. The fraction of sp³-hybridized carbons (Fsp3) is 0.636. The molecule has 1 aliphatic rings. The van der Waals surface area contributed by atoms with E-state index in [9.17, 15) is 9.59 Å². The second-order valence-corrected chi connectivity index (χ2v) is 7.54. The molecule has 0 aromatic heterocycles. The highest BCUT2D eigenvalue weighted by atomic mass is 16.5. The minimum Gasteiger partial charge on any atom is -0.497 e. The summed E-state index contributed by atoms with van der Waals surface area (Å²) in [6.07, 6.45) is 2.99. The maximum absolute atomic E-state index is 12.8. The van der Waals surface area contributed by atoms with Gasteiger partial charge in [0.15, 0.2) is 0 Å². The van der Waals surface area contributed by atoms with Crippen molar-refractivity contribution >= 4 is 11.8 Å². The highest BCUT2D eigenvalue weighted by Gasteiger charge is 2.29. The van der Waals surface area contributed by atoms with Gasteiger partial charge in [-0.05, 0) is 44.4 Å². The number of rotatable bonds is 7. The fourth-order valence-corrected chi connectivity index (χ4v) is 3.78. The molecule has 2 atom stereocenters. The van der Waals surface area contributed by atoms with Crippen molar-refractivity contribution in [2.24, 2.45) is 5.92 Å². The topological polar surface area (TPSA) is 61.9 Å². The third-order valence-electron chi connectivity index (χ3n) is 5.62. The first-order valence-corrected chi connectivity index (χ1v) is 10.4. The lowest BCUT2D eigenvalue weighted by atomic mass is 9.95. The number of nitrogens with one attached hydrogen (secondary N) is 1. The number of methoxy groups -OCH3 is 1. The SMILES string of the molecule is CCN(CC)C(=O)[C@@H]1CCC[C@@H](NCc2ccc(OC)cc2)CN(C)C(=O)C1. The van der Waals surface area contributed by atoms with Gasteiger partial charge in [-0.15, -0.1) is 0 Å². The molecule has 0 unspecified atom stereocenters. The molecular weight excluding hydrogens is 354 g/mol. The van der Waals surface area contributed by atoms with E-state index in [2.05, 4.69) is 17.4 Å². The van der Waals surface area contributed by atoms with Crippen LogP contribution in [0.5, 0.6) is 5.75 Å². The average Bonchev–Trinajstić information content (AvgIpc) is 2.77. The lowest BCUT2D eigenvalue weighted by Crippen LogP contribution is -2.42. The summed E-state index contributed by atoms with van der Waals surface area (Å²) in [5, 5.41) is 3.58. The van der Waals surface area contributed by atoms with Crippen molar-refractivity contribution in [2.45, 2.75) is 52.1 Å². The quantitative estimate of drug-likeness (QED) is 0.779. The number of likely N-dealkylation sites (N-methyl/N-ethyl adjacent to an activating group) is 1. The van der Waals surface area contributed by atoms with Crippen molar-refractivity contribution in [1.82, 2.24) is 15.1 Å². The van der Waals surface area contributed by atoms with Gasteiger partial charge in [0.05, 0.1) is 7.11 Å².